The number of carboxylic acids is 1. The minimum atomic E-state index is -1.13. The number of nitrogens with one attached hydrogen (secondary N) is 1. The maximum Gasteiger partial charge on any atom is 0.408 e. The first-order chi connectivity index (χ1) is 11.1. The van der Waals surface area contributed by atoms with Gasteiger partial charge in [0.1, 0.15) is 12.4 Å². The van der Waals surface area contributed by atoms with Gasteiger partial charge in [-0.05, 0) is 23.3 Å². The number of aliphatic carboxylic acids is 1. The van der Waals surface area contributed by atoms with Gasteiger partial charge in [0.25, 0.3) is 0 Å². The average molecular weight is 313 g/mol. The van der Waals surface area contributed by atoms with Crippen molar-refractivity contribution in [1.82, 2.24) is 5.32 Å². The number of carboxylic acid groups (broad SMARTS) is 1. The highest BCUT2D eigenvalue weighted by molar-refractivity contribution is 5.84. The fourth-order valence-corrected chi connectivity index (χ4v) is 2.37. The Morgan fingerprint density at radius 2 is 1.83 bits per heavy atom. The van der Waals surface area contributed by atoms with Crippen LogP contribution in [0.1, 0.15) is 17.2 Å². The molecule has 1 heterocycles. The van der Waals surface area contributed by atoms with Gasteiger partial charge in [0.2, 0.25) is 0 Å². The van der Waals surface area contributed by atoms with Crippen molar-refractivity contribution >= 4 is 12.1 Å². The maximum atomic E-state index is 11.2. The summed E-state index contributed by atoms with van der Waals surface area (Å²) in [6.45, 7) is 0.442. The van der Waals surface area contributed by atoms with Crippen LogP contribution in [0.2, 0.25) is 0 Å². The highest BCUT2D eigenvalue weighted by Crippen LogP contribution is 2.28. The summed E-state index contributed by atoms with van der Waals surface area (Å²) in [4.78, 5) is 22.4. The number of carbonyl (C=O) groups is 2. The lowest BCUT2D eigenvalue weighted by Crippen LogP contribution is -2.35. The lowest BCUT2D eigenvalue weighted by Gasteiger charge is -2.14. The molecule has 1 fully saturated rings. The SMILES string of the molecule is O=C1N[C@H](C(=O)O)[C@@H](c2ccc(OCc3ccccc3)cc2)O1. The fourth-order valence-electron chi connectivity index (χ4n) is 2.37. The highest BCUT2D eigenvalue weighted by Gasteiger charge is 2.40. The number of ether oxygens (including phenoxy) is 2. The molecule has 0 saturated carbocycles. The summed E-state index contributed by atoms with van der Waals surface area (Å²) in [6.07, 6.45) is -1.57. The van der Waals surface area contributed by atoms with E-state index < -0.39 is 24.2 Å². The molecule has 0 spiro atoms. The van der Waals surface area contributed by atoms with Crippen molar-refractivity contribution in [2.45, 2.75) is 18.8 Å². The molecule has 0 radical (unpaired) electrons. The third kappa shape index (κ3) is 3.42. The Morgan fingerprint density at radius 1 is 1.13 bits per heavy atom. The molecule has 6 heteroatoms. The van der Waals surface area contributed by atoms with Gasteiger partial charge < -0.3 is 19.9 Å². The van der Waals surface area contributed by atoms with Crippen LogP contribution in [-0.2, 0) is 16.1 Å². The first kappa shape index (κ1) is 14.9. The second-order valence-corrected chi connectivity index (χ2v) is 5.13. The van der Waals surface area contributed by atoms with Crippen molar-refractivity contribution in [3.8, 4) is 5.75 Å². The van der Waals surface area contributed by atoms with Crippen LogP contribution in [0.4, 0.5) is 4.79 Å². The van der Waals surface area contributed by atoms with E-state index in [4.69, 9.17) is 14.6 Å². The van der Waals surface area contributed by atoms with Crippen molar-refractivity contribution in [2.24, 2.45) is 0 Å². The molecule has 0 aliphatic carbocycles. The molecular weight excluding hydrogens is 298 g/mol. The van der Waals surface area contributed by atoms with Crippen LogP contribution in [0.25, 0.3) is 0 Å². The zero-order valence-electron chi connectivity index (χ0n) is 12.1. The highest BCUT2D eigenvalue weighted by atomic mass is 16.6. The molecule has 6 nitrogen and oxygen atoms in total. The van der Waals surface area contributed by atoms with Gasteiger partial charge in [-0.3, -0.25) is 0 Å². The normalized spacial score (nSPS) is 19.7. The van der Waals surface area contributed by atoms with Crippen molar-refractivity contribution in [2.75, 3.05) is 0 Å². The van der Waals surface area contributed by atoms with E-state index in [2.05, 4.69) is 5.32 Å². The summed E-state index contributed by atoms with van der Waals surface area (Å²) in [5, 5.41) is 11.4. The van der Waals surface area contributed by atoms with Gasteiger partial charge in [0.15, 0.2) is 12.1 Å². The van der Waals surface area contributed by atoms with Crippen molar-refractivity contribution < 1.29 is 24.2 Å². The largest absolute Gasteiger partial charge is 0.489 e. The number of alkyl carbamates (subject to hydrolysis) is 1. The quantitative estimate of drug-likeness (QED) is 0.886. The predicted octanol–water partition coefficient (Wildman–Crippen LogP) is 2.50. The summed E-state index contributed by atoms with van der Waals surface area (Å²) in [5.74, 6) is -0.480. The van der Waals surface area contributed by atoms with E-state index in [9.17, 15) is 9.59 Å². The van der Waals surface area contributed by atoms with Gasteiger partial charge in [-0.15, -0.1) is 0 Å². The van der Waals surface area contributed by atoms with Gasteiger partial charge >= 0.3 is 12.1 Å². The second kappa shape index (κ2) is 6.39. The number of carbonyl (C=O) groups excluding carboxylic acids is 1. The first-order valence-corrected chi connectivity index (χ1v) is 7.10. The van der Waals surface area contributed by atoms with Crippen LogP contribution in [-0.4, -0.2) is 23.2 Å². The van der Waals surface area contributed by atoms with Crippen LogP contribution in [0.15, 0.2) is 54.6 Å². The molecule has 0 aromatic heterocycles. The molecule has 1 aliphatic heterocycles. The molecule has 2 aromatic rings. The van der Waals surface area contributed by atoms with E-state index in [1.165, 1.54) is 0 Å². The van der Waals surface area contributed by atoms with Crippen LogP contribution < -0.4 is 10.1 Å². The van der Waals surface area contributed by atoms with Crippen LogP contribution in [0.3, 0.4) is 0 Å². The first-order valence-electron chi connectivity index (χ1n) is 7.10. The molecular formula is C17H15NO5. The lowest BCUT2D eigenvalue weighted by atomic mass is 10.0. The zero-order valence-corrected chi connectivity index (χ0v) is 12.1. The zero-order chi connectivity index (χ0) is 16.2. The second-order valence-electron chi connectivity index (χ2n) is 5.13. The molecule has 0 bridgehead atoms. The van der Waals surface area contributed by atoms with Crippen LogP contribution >= 0.6 is 0 Å². The molecule has 1 aliphatic rings. The standard InChI is InChI=1S/C17H15NO5/c19-16(20)14-15(23-17(21)18-14)12-6-8-13(9-7-12)22-10-11-4-2-1-3-5-11/h1-9,14-15H,10H2,(H,18,21)(H,19,20)/t14-,15+/m0/s1. The van der Waals surface area contributed by atoms with Gasteiger partial charge in [-0.25, -0.2) is 9.59 Å². The van der Waals surface area contributed by atoms with Gasteiger partial charge in [0.05, 0.1) is 0 Å². The van der Waals surface area contributed by atoms with Gasteiger partial charge in [-0.2, -0.15) is 0 Å². The number of rotatable bonds is 5. The summed E-state index contributed by atoms with van der Waals surface area (Å²) in [5.41, 5.74) is 1.65. The number of hydrogen-bond donors (Lipinski definition) is 2. The van der Waals surface area contributed by atoms with Crippen molar-refractivity contribution in [1.29, 1.82) is 0 Å². The van der Waals surface area contributed by atoms with Gasteiger partial charge in [0, 0.05) is 0 Å². The summed E-state index contributed by atoms with van der Waals surface area (Å²) in [7, 11) is 0. The Morgan fingerprint density at radius 3 is 2.48 bits per heavy atom. The molecule has 2 atom stereocenters. The number of benzene rings is 2. The van der Waals surface area contributed by atoms with Crippen LogP contribution in [0, 0.1) is 0 Å². The smallest absolute Gasteiger partial charge is 0.408 e. The fraction of sp³-hybridized carbons (Fsp3) is 0.176. The third-order valence-electron chi connectivity index (χ3n) is 3.53. The molecule has 3 rings (SSSR count). The summed E-state index contributed by atoms with van der Waals surface area (Å²) < 4.78 is 10.7. The Hall–Kier alpha value is -3.02. The summed E-state index contributed by atoms with van der Waals surface area (Å²) in [6, 6.07) is 15.5. The Labute approximate surface area is 132 Å². The Kier molecular flexibility index (Phi) is 4.14. The number of hydrogen-bond acceptors (Lipinski definition) is 4. The predicted molar refractivity (Wildman–Crippen MR) is 81.0 cm³/mol. The topological polar surface area (TPSA) is 84.9 Å². The Bertz CT molecular complexity index is 699. The van der Waals surface area contributed by atoms with Gasteiger partial charge in [-0.1, -0.05) is 42.5 Å². The van der Waals surface area contributed by atoms with Crippen LogP contribution in [0.5, 0.6) is 5.75 Å². The summed E-state index contributed by atoms with van der Waals surface area (Å²) >= 11 is 0. The molecule has 118 valence electrons. The van der Waals surface area contributed by atoms with Crippen molar-refractivity contribution in [3.05, 3.63) is 65.7 Å². The maximum absolute atomic E-state index is 11.2. The van der Waals surface area contributed by atoms with E-state index in [1.807, 2.05) is 30.3 Å². The molecule has 0 unspecified atom stereocenters. The Balaban J connectivity index is 1.67. The van der Waals surface area contributed by atoms with Crippen molar-refractivity contribution in [3.63, 3.8) is 0 Å². The molecule has 2 aromatic carbocycles. The average Bonchev–Trinajstić information content (AvgIpc) is 2.97. The molecule has 1 amide bonds. The van der Waals surface area contributed by atoms with E-state index in [-0.39, 0.29) is 0 Å². The molecule has 2 N–H and O–H groups in total. The number of cyclic esters (lactones) is 1. The van der Waals surface area contributed by atoms with E-state index in [0.717, 1.165) is 5.56 Å². The molecule has 23 heavy (non-hydrogen) atoms. The van der Waals surface area contributed by atoms with E-state index in [0.29, 0.717) is 17.9 Å². The minimum absolute atomic E-state index is 0.442. The lowest BCUT2D eigenvalue weighted by molar-refractivity contribution is -0.140. The third-order valence-corrected chi connectivity index (χ3v) is 3.53. The number of amides is 1. The van der Waals surface area contributed by atoms with E-state index in [1.54, 1.807) is 24.3 Å². The minimum Gasteiger partial charge on any atom is -0.489 e. The monoisotopic (exact) mass is 313 g/mol. The van der Waals surface area contributed by atoms with E-state index >= 15 is 0 Å². The molecule has 1 saturated heterocycles.